The van der Waals surface area contributed by atoms with Gasteiger partial charge in [-0.2, -0.15) is 0 Å². The molecular formula is C31H31NO2PY+. The zero-order valence-electron chi connectivity index (χ0n) is 21.1. The Bertz CT molecular complexity index is 1220. The van der Waals surface area contributed by atoms with Crippen LogP contribution in [0.5, 0.6) is 5.75 Å². The molecule has 0 bridgehead atoms. The number of carbonyl (C=O) groups is 1. The van der Waals surface area contributed by atoms with Crippen LogP contribution in [0.15, 0.2) is 103 Å². The Hall–Kier alpha value is -2.32. The molecule has 5 rings (SSSR count). The Kier molecular flexibility index (Phi) is 8.15. The van der Waals surface area contributed by atoms with Crippen molar-refractivity contribution >= 4 is 34.8 Å². The molecule has 1 aliphatic carbocycles. The third-order valence-electron chi connectivity index (χ3n) is 7.20. The van der Waals surface area contributed by atoms with Gasteiger partial charge in [-0.05, 0) is 73.5 Å². The molecule has 3 nitrogen and oxygen atoms in total. The molecule has 0 spiro atoms. The van der Waals surface area contributed by atoms with Crippen molar-refractivity contribution in [1.29, 1.82) is 0 Å². The summed E-state index contributed by atoms with van der Waals surface area (Å²) in [4.78, 5) is 14.4. The minimum absolute atomic E-state index is 0. The molecular weight excluding hydrogens is 538 g/mol. The summed E-state index contributed by atoms with van der Waals surface area (Å²) >= 11 is 0. The minimum atomic E-state index is -2.32. The predicted molar refractivity (Wildman–Crippen MR) is 148 cm³/mol. The van der Waals surface area contributed by atoms with Crippen LogP contribution in [-0.2, 0) is 37.5 Å². The molecule has 0 unspecified atom stereocenters. The van der Waals surface area contributed by atoms with E-state index in [0.717, 1.165) is 35.4 Å². The molecule has 0 aromatic heterocycles. The van der Waals surface area contributed by atoms with Gasteiger partial charge in [0, 0.05) is 51.2 Å². The Balaban J connectivity index is 0.00000304. The number of ether oxygens (including phenoxy) is 1. The summed E-state index contributed by atoms with van der Waals surface area (Å²) in [6, 6.07) is 36.0. The summed E-state index contributed by atoms with van der Waals surface area (Å²) in [6.45, 7) is 4.05. The summed E-state index contributed by atoms with van der Waals surface area (Å²) in [5, 5.41) is 6.61. The summed E-state index contributed by atoms with van der Waals surface area (Å²) in [6.07, 6.45) is 1.72. The van der Waals surface area contributed by atoms with Crippen LogP contribution >= 0.6 is 7.26 Å². The van der Waals surface area contributed by atoms with E-state index in [1.807, 2.05) is 26.0 Å². The second-order valence-electron chi connectivity index (χ2n) is 9.30. The zero-order valence-corrected chi connectivity index (χ0v) is 24.8. The van der Waals surface area contributed by atoms with Crippen molar-refractivity contribution in [3.63, 3.8) is 0 Å². The Labute approximate surface area is 239 Å². The fourth-order valence-electron chi connectivity index (χ4n) is 5.45. The van der Waals surface area contributed by atoms with Crippen molar-refractivity contribution in [2.75, 3.05) is 12.4 Å². The molecule has 1 radical (unpaired) electrons. The first kappa shape index (κ1) is 26.7. The van der Waals surface area contributed by atoms with Crippen molar-refractivity contribution in [2.24, 2.45) is 0 Å². The van der Waals surface area contributed by atoms with E-state index in [1.165, 1.54) is 15.9 Å². The fourth-order valence-corrected chi connectivity index (χ4v) is 10.8. The molecule has 0 aliphatic heterocycles. The second kappa shape index (κ2) is 11.0. The van der Waals surface area contributed by atoms with Crippen LogP contribution in [-0.4, -0.2) is 18.2 Å². The van der Waals surface area contributed by atoms with Crippen LogP contribution in [0.25, 0.3) is 0 Å². The van der Waals surface area contributed by atoms with Gasteiger partial charge < -0.3 is 10.1 Å². The predicted octanol–water partition coefficient (Wildman–Crippen LogP) is 5.77. The molecule has 4 aromatic rings. The number of hydrogen-bond donors (Lipinski definition) is 1. The van der Waals surface area contributed by atoms with Gasteiger partial charge in [-0.15, -0.1) is 0 Å². The molecule has 1 N–H and O–H groups in total. The average molecular weight is 569 g/mol. The second-order valence-corrected chi connectivity index (χ2v) is 13.0. The van der Waals surface area contributed by atoms with E-state index in [9.17, 15) is 4.79 Å². The molecule has 0 atom stereocenters. The minimum Gasteiger partial charge on any atom is -0.497 e. The number of methoxy groups -OCH3 is 1. The van der Waals surface area contributed by atoms with Gasteiger partial charge in [-0.1, -0.05) is 54.6 Å². The first-order valence-electron chi connectivity index (χ1n) is 12.1. The van der Waals surface area contributed by atoms with Crippen molar-refractivity contribution in [1.82, 2.24) is 0 Å². The standard InChI is InChI=1S/C31H30NO2P.Y/c1-23-21-25(34-3)22-24(2)29(23)32-30(33)31(19-20-31)35(26-13-7-4-8-14-26,27-15-9-5-10-16-27)28-17-11-6-12-18-28;/h4-18,21-22H,19-20H2,1-3H3;/p+1. The van der Waals surface area contributed by atoms with Crippen LogP contribution < -0.4 is 26.0 Å². The number of hydrogen-bond acceptors (Lipinski definition) is 2. The first-order chi connectivity index (χ1) is 17.0. The largest absolute Gasteiger partial charge is 0.497 e. The summed E-state index contributed by atoms with van der Waals surface area (Å²) in [5.41, 5.74) is 2.90. The topological polar surface area (TPSA) is 38.3 Å². The van der Waals surface area contributed by atoms with Gasteiger partial charge in [0.05, 0.1) is 7.11 Å². The zero-order chi connectivity index (χ0) is 24.5. The molecule has 0 saturated heterocycles. The van der Waals surface area contributed by atoms with E-state index < -0.39 is 12.4 Å². The van der Waals surface area contributed by atoms with E-state index in [0.29, 0.717) is 0 Å². The van der Waals surface area contributed by atoms with Crippen molar-refractivity contribution < 1.29 is 42.2 Å². The van der Waals surface area contributed by atoms with Crippen LogP contribution in [0.4, 0.5) is 5.69 Å². The van der Waals surface area contributed by atoms with Gasteiger partial charge in [-0.25, -0.2) is 0 Å². The van der Waals surface area contributed by atoms with Gasteiger partial charge in [0.15, 0.2) is 5.16 Å². The maximum Gasteiger partial charge on any atom is 0.269 e. The van der Waals surface area contributed by atoms with Crippen LogP contribution in [0.2, 0.25) is 0 Å². The van der Waals surface area contributed by atoms with Crippen LogP contribution in [0.1, 0.15) is 24.0 Å². The Morgan fingerprint density at radius 1 is 0.750 bits per heavy atom. The average Bonchev–Trinajstić information content (AvgIpc) is 3.71. The smallest absolute Gasteiger partial charge is 0.269 e. The monoisotopic (exact) mass is 569 g/mol. The fraction of sp³-hybridized carbons (Fsp3) is 0.194. The van der Waals surface area contributed by atoms with Crippen LogP contribution in [0.3, 0.4) is 0 Å². The molecule has 179 valence electrons. The van der Waals surface area contributed by atoms with Gasteiger partial charge in [-0.3, -0.25) is 4.79 Å². The van der Waals surface area contributed by atoms with E-state index in [-0.39, 0.29) is 38.6 Å². The van der Waals surface area contributed by atoms with Crippen LogP contribution in [0, 0.1) is 13.8 Å². The van der Waals surface area contributed by atoms with Gasteiger partial charge >= 0.3 is 0 Å². The number of aryl methyl sites for hydroxylation is 2. The normalized spacial score (nSPS) is 13.9. The van der Waals surface area contributed by atoms with E-state index in [1.54, 1.807) is 7.11 Å². The maximum absolute atomic E-state index is 14.4. The molecule has 4 aromatic carbocycles. The number of nitrogens with one attached hydrogen (secondary N) is 1. The third-order valence-corrected chi connectivity index (χ3v) is 12.4. The number of rotatable bonds is 7. The number of benzene rings is 4. The molecule has 1 saturated carbocycles. The Morgan fingerprint density at radius 3 is 1.47 bits per heavy atom. The molecule has 0 heterocycles. The van der Waals surface area contributed by atoms with E-state index in [2.05, 4.69) is 96.3 Å². The van der Waals surface area contributed by atoms with Crippen molar-refractivity contribution in [3.05, 3.63) is 114 Å². The van der Waals surface area contributed by atoms with Crippen molar-refractivity contribution in [3.8, 4) is 5.75 Å². The van der Waals surface area contributed by atoms with E-state index in [4.69, 9.17) is 4.74 Å². The van der Waals surface area contributed by atoms with Gasteiger partial charge in [0.1, 0.15) is 28.9 Å². The summed E-state index contributed by atoms with van der Waals surface area (Å²) < 4.78 is 5.44. The molecule has 5 heteroatoms. The molecule has 1 aliphatic rings. The SMILES string of the molecule is COc1cc(C)c(NC(=O)C2([P+](c3ccccc3)(c3ccccc3)c3ccccc3)CC2)c(C)c1.[Y]. The summed E-state index contributed by atoms with van der Waals surface area (Å²) in [5.74, 6) is 0.914. The molecule has 36 heavy (non-hydrogen) atoms. The summed E-state index contributed by atoms with van der Waals surface area (Å²) in [7, 11) is -0.650. The Morgan fingerprint density at radius 2 is 1.14 bits per heavy atom. The van der Waals surface area contributed by atoms with E-state index >= 15 is 0 Å². The quantitative estimate of drug-likeness (QED) is 0.287. The van der Waals surface area contributed by atoms with Crippen molar-refractivity contribution in [2.45, 2.75) is 31.8 Å². The third kappa shape index (κ3) is 4.47. The number of amides is 1. The number of carbonyl (C=O) groups excluding carboxylic acids is 1. The first-order valence-corrected chi connectivity index (χ1v) is 13.8. The maximum atomic E-state index is 14.4. The number of anilines is 1. The van der Waals surface area contributed by atoms with Gasteiger partial charge in [0.25, 0.3) is 5.91 Å². The van der Waals surface area contributed by atoms with Gasteiger partial charge in [0.2, 0.25) is 0 Å². The molecule has 1 fully saturated rings. The molecule has 1 amide bonds.